The number of aliphatic hydroxyl groups excluding tert-OH is 1. The number of thiophene rings is 1. The van der Waals surface area contributed by atoms with Crippen molar-refractivity contribution in [1.82, 2.24) is 4.57 Å². The molecule has 1 N–H and O–H groups in total. The first-order valence-corrected chi connectivity index (χ1v) is 6.23. The molecule has 0 spiro atoms. The van der Waals surface area contributed by atoms with Gasteiger partial charge >= 0.3 is 6.18 Å². The second-order valence-corrected chi connectivity index (χ2v) is 4.65. The van der Waals surface area contributed by atoms with Crippen molar-refractivity contribution in [2.45, 2.75) is 25.9 Å². The van der Waals surface area contributed by atoms with E-state index in [9.17, 15) is 18.3 Å². The molecule has 0 aliphatic heterocycles. The van der Waals surface area contributed by atoms with Crippen molar-refractivity contribution >= 4 is 21.6 Å². The summed E-state index contributed by atoms with van der Waals surface area (Å²) in [4.78, 5) is 0.487. The van der Waals surface area contributed by atoms with E-state index in [2.05, 4.69) is 0 Å². The minimum atomic E-state index is -4.34. The average Bonchev–Trinajstić information content (AvgIpc) is 2.79. The number of alkyl halides is 3. The molecule has 0 bridgehead atoms. The van der Waals surface area contributed by atoms with Crippen molar-refractivity contribution in [2.24, 2.45) is 0 Å². The molecule has 0 amide bonds. The summed E-state index contributed by atoms with van der Waals surface area (Å²) in [5.41, 5.74) is 0.135. The van der Waals surface area contributed by atoms with E-state index in [0.29, 0.717) is 10.2 Å². The fourth-order valence-corrected chi connectivity index (χ4v) is 2.69. The van der Waals surface area contributed by atoms with Crippen LogP contribution < -0.4 is 0 Å². The quantitative estimate of drug-likeness (QED) is 0.871. The molecule has 7 heteroatoms. The monoisotopic (exact) mass is 279 g/mol. The van der Waals surface area contributed by atoms with Crippen molar-refractivity contribution < 1.29 is 23.0 Å². The Bertz CT molecular complexity index is 532. The van der Waals surface area contributed by atoms with E-state index in [1.165, 1.54) is 17.4 Å². The van der Waals surface area contributed by atoms with Gasteiger partial charge in [0.15, 0.2) is 6.29 Å². The van der Waals surface area contributed by atoms with Gasteiger partial charge in [0.1, 0.15) is 11.4 Å². The van der Waals surface area contributed by atoms with Gasteiger partial charge in [-0.25, -0.2) is 0 Å². The van der Waals surface area contributed by atoms with Crippen LogP contribution in [-0.4, -0.2) is 22.5 Å². The molecule has 0 aromatic carbocycles. The molecule has 3 nitrogen and oxygen atoms in total. The molecule has 100 valence electrons. The van der Waals surface area contributed by atoms with Gasteiger partial charge < -0.3 is 14.4 Å². The lowest BCUT2D eigenvalue weighted by molar-refractivity contribution is -0.144. The summed E-state index contributed by atoms with van der Waals surface area (Å²) in [6, 6.07) is 3.24. The second-order valence-electron chi connectivity index (χ2n) is 3.76. The summed E-state index contributed by atoms with van der Waals surface area (Å²) in [7, 11) is 0. The van der Waals surface area contributed by atoms with Gasteiger partial charge in [0.2, 0.25) is 0 Å². The summed E-state index contributed by atoms with van der Waals surface area (Å²) in [5.74, 6) is 0. The number of aromatic nitrogens is 1. The fraction of sp³-hybridized carbons (Fsp3) is 0.455. The predicted octanol–water partition coefficient (Wildman–Crippen LogP) is 3.29. The van der Waals surface area contributed by atoms with Gasteiger partial charge in [0.25, 0.3) is 0 Å². The third-order valence-electron chi connectivity index (χ3n) is 2.45. The van der Waals surface area contributed by atoms with Crippen LogP contribution in [0.3, 0.4) is 0 Å². The highest BCUT2D eigenvalue weighted by molar-refractivity contribution is 7.16. The van der Waals surface area contributed by atoms with Crippen molar-refractivity contribution in [1.29, 1.82) is 0 Å². The zero-order valence-electron chi connectivity index (χ0n) is 9.57. The third-order valence-corrected chi connectivity index (χ3v) is 3.40. The molecule has 0 fully saturated rings. The number of ether oxygens (including phenoxy) is 1. The zero-order chi connectivity index (χ0) is 13.3. The van der Waals surface area contributed by atoms with Gasteiger partial charge in [0, 0.05) is 12.0 Å². The fourth-order valence-electron chi connectivity index (χ4n) is 1.79. The number of rotatable bonds is 4. The van der Waals surface area contributed by atoms with Gasteiger partial charge in [-0.15, -0.1) is 11.3 Å². The molecule has 0 radical (unpaired) electrons. The lowest BCUT2D eigenvalue weighted by atomic mass is 10.3. The van der Waals surface area contributed by atoms with E-state index >= 15 is 0 Å². The Labute approximate surface area is 105 Å². The SMILES string of the molecule is CCOC(O)c1cc2ccsc2n1CC(F)(F)F. The van der Waals surface area contributed by atoms with E-state index in [1.54, 1.807) is 18.4 Å². The van der Waals surface area contributed by atoms with Crippen LogP contribution in [0.2, 0.25) is 0 Å². The molecule has 1 atom stereocenters. The summed E-state index contributed by atoms with van der Waals surface area (Å²) < 4.78 is 43.6. The van der Waals surface area contributed by atoms with Gasteiger partial charge in [-0.3, -0.25) is 0 Å². The molecule has 2 rings (SSSR count). The number of fused-ring (bicyclic) bond motifs is 1. The summed E-state index contributed by atoms with van der Waals surface area (Å²) in [6.45, 7) is 0.769. The standard InChI is InChI=1S/C11H12F3NO2S/c1-2-17-10(16)8-5-7-3-4-18-9(7)15(8)6-11(12,13)14/h3-5,10,16H,2,6H2,1H3. The Balaban J connectivity index is 2.44. The normalized spacial score (nSPS) is 14.3. The zero-order valence-corrected chi connectivity index (χ0v) is 10.4. The van der Waals surface area contributed by atoms with E-state index < -0.39 is 19.0 Å². The Kier molecular flexibility index (Phi) is 3.65. The van der Waals surface area contributed by atoms with Gasteiger partial charge in [-0.2, -0.15) is 13.2 Å². The molecule has 0 saturated heterocycles. The second kappa shape index (κ2) is 4.91. The Morgan fingerprint density at radius 1 is 1.50 bits per heavy atom. The average molecular weight is 279 g/mol. The van der Waals surface area contributed by atoms with Crippen molar-refractivity contribution in [3.8, 4) is 0 Å². The smallest absolute Gasteiger partial charge is 0.363 e. The Morgan fingerprint density at radius 3 is 2.83 bits per heavy atom. The lowest BCUT2D eigenvalue weighted by Crippen LogP contribution is -2.20. The molecule has 0 saturated carbocycles. The van der Waals surface area contributed by atoms with E-state index in [1.807, 2.05) is 0 Å². The topological polar surface area (TPSA) is 34.4 Å². The maximum atomic E-state index is 12.5. The van der Waals surface area contributed by atoms with Crippen LogP contribution in [0.1, 0.15) is 18.9 Å². The summed E-state index contributed by atoms with van der Waals surface area (Å²) in [6.07, 6.45) is -5.67. The Morgan fingerprint density at radius 2 is 2.22 bits per heavy atom. The minimum Gasteiger partial charge on any atom is -0.363 e. The molecule has 2 heterocycles. The first-order valence-electron chi connectivity index (χ1n) is 5.35. The first-order chi connectivity index (χ1) is 8.42. The third kappa shape index (κ3) is 2.68. The van der Waals surface area contributed by atoms with Crippen LogP contribution in [0.15, 0.2) is 17.5 Å². The minimum absolute atomic E-state index is 0.135. The Hall–Kier alpha value is -1.05. The molecule has 1 unspecified atom stereocenters. The van der Waals surface area contributed by atoms with Crippen LogP contribution in [0.5, 0.6) is 0 Å². The molecule has 18 heavy (non-hydrogen) atoms. The van der Waals surface area contributed by atoms with Gasteiger partial charge in [-0.1, -0.05) is 0 Å². The largest absolute Gasteiger partial charge is 0.406 e. The molecular weight excluding hydrogens is 267 g/mol. The molecular formula is C11H12F3NO2S. The number of aliphatic hydroxyl groups is 1. The summed E-state index contributed by atoms with van der Waals surface area (Å²) >= 11 is 1.21. The summed E-state index contributed by atoms with van der Waals surface area (Å²) in [5, 5.41) is 12.1. The molecule has 0 aliphatic rings. The molecule has 0 aliphatic carbocycles. The maximum Gasteiger partial charge on any atom is 0.406 e. The highest BCUT2D eigenvalue weighted by atomic mass is 32.1. The van der Waals surface area contributed by atoms with Crippen molar-refractivity contribution in [2.75, 3.05) is 6.61 Å². The maximum absolute atomic E-state index is 12.5. The number of halogens is 3. The van der Waals surface area contributed by atoms with Crippen LogP contribution in [-0.2, 0) is 11.3 Å². The van der Waals surface area contributed by atoms with Crippen LogP contribution >= 0.6 is 11.3 Å². The van der Waals surface area contributed by atoms with E-state index in [0.717, 1.165) is 4.57 Å². The number of hydrogen-bond donors (Lipinski definition) is 1. The lowest BCUT2D eigenvalue weighted by Gasteiger charge is -2.16. The molecule has 2 aromatic heterocycles. The van der Waals surface area contributed by atoms with Gasteiger partial charge in [0.05, 0.1) is 5.69 Å². The van der Waals surface area contributed by atoms with Crippen LogP contribution in [0.25, 0.3) is 10.2 Å². The molecule has 2 aromatic rings. The number of hydrogen-bond acceptors (Lipinski definition) is 3. The number of nitrogens with zero attached hydrogens (tertiary/aromatic N) is 1. The van der Waals surface area contributed by atoms with Crippen molar-refractivity contribution in [3.63, 3.8) is 0 Å². The van der Waals surface area contributed by atoms with Crippen LogP contribution in [0, 0.1) is 0 Å². The first kappa shape index (κ1) is 13.4. The van der Waals surface area contributed by atoms with Crippen LogP contribution in [0.4, 0.5) is 13.2 Å². The van der Waals surface area contributed by atoms with E-state index in [-0.39, 0.29) is 12.3 Å². The van der Waals surface area contributed by atoms with Crippen molar-refractivity contribution in [3.05, 3.63) is 23.2 Å². The predicted molar refractivity (Wildman–Crippen MR) is 62.5 cm³/mol. The van der Waals surface area contributed by atoms with E-state index in [4.69, 9.17) is 4.74 Å². The highest BCUT2D eigenvalue weighted by Gasteiger charge is 2.31. The van der Waals surface area contributed by atoms with Gasteiger partial charge in [-0.05, 0) is 24.4 Å². The highest BCUT2D eigenvalue weighted by Crippen LogP contribution is 2.32.